The van der Waals surface area contributed by atoms with E-state index in [9.17, 15) is 9.90 Å². The first kappa shape index (κ1) is 3.37. The summed E-state index contributed by atoms with van der Waals surface area (Å²) in [6, 6.07) is -4.91. The van der Waals surface area contributed by atoms with Crippen LogP contribution in [0.5, 0.6) is 0 Å². The summed E-state index contributed by atoms with van der Waals surface area (Å²) in [5.41, 5.74) is -1.17. The van der Waals surface area contributed by atoms with Crippen molar-refractivity contribution in [3.8, 4) is 0 Å². The van der Waals surface area contributed by atoms with Crippen molar-refractivity contribution >= 4 is 5.97 Å². The summed E-state index contributed by atoms with van der Waals surface area (Å²) in [4.78, 5) is 10.8. The summed E-state index contributed by atoms with van der Waals surface area (Å²) in [5.74, 6) is -2.53. The van der Waals surface area contributed by atoms with E-state index >= 15 is 0 Å². The second kappa shape index (κ2) is 7.13. The zero-order chi connectivity index (χ0) is 18.5. The van der Waals surface area contributed by atoms with Gasteiger partial charge in [-0.05, 0) is 24.7 Å². The van der Waals surface area contributed by atoms with Gasteiger partial charge >= 0.3 is 29.6 Å². The van der Waals surface area contributed by atoms with Gasteiger partial charge in [-0.15, -0.1) is 0 Å². The molecule has 1 rings (SSSR count). The van der Waals surface area contributed by atoms with Crippen LogP contribution in [0.1, 0.15) is 33.4 Å². The molecule has 0 bridgehead atoms. The summed E-state index contributed by atoms with van der Waals surface area (Å²) >= 11 is 0. The molecule has 0 atom stereocenters. The van der Waals surface area contributed by atoms with Crippen LogP contribution < -0.4 is 34.7 Å². The summed E-state index contributed by atoms with van der Waals surface area (Å²) < 4.78 is 82.6. The van der Waals surface area contributed by atoms with Crippen LogP contribution in [-0.4, -0.2) is 5.97 Å². The van der Waals surface area contributed by atoms with Gasteiger partial charge in [-0.2, -0.15) is 0 Å². The van der Waals surface area contributed by atoms with Gasteiger partial charge in [0.15, 0.2) is 0 Å². The Balaban J connectivity index is 0.00000529. The van der Waals surface area contributed by atoms with Gasteiger partial charge in [0.05, 0.1) is 6.85 Å². The van der Waals surface area contributed by atoms with Crippen LogP contribution in [0.3, 0.4) is 0 Å². The summed E-state index contributed by atoms with van der Waals surface area (Å²) in [5, 5.41) is 10.8. The zero-order valence-electron chi connectivity index (χ0n) is 17.8. The number of carboxylic acids is 1. The van der Waals surface area contributed by atoms with E-state index in [1.165, 1.54) is 0 Å². The Morgan fingerprint density at radius 1 is 1.46 bits per heavy atom. The fourth-order valence-corrected chi connectivity index (χ4v) is 0.457. The molecular weight excluding hydrogens is 175 g/mol. The van der Waals surface area contributed by atoms with E-state index < -0.39 is 60.9 Å². The number of hydrogen-bond acceptors (Lipinski definition) is 2. The molecule has 0 saturated heterocycles. The fourth-order valence-electron chi connectivity index (χ4n) is 0.457. The molecule has 64 valence electrons. The Hall–Kier alpha value is -0.310. The number of carbonyl (C=O) groups excluding carboxylic acids is 1. The summed E-state index contributed by atoms with van der Waals surface area (Å²) in [7, 11) is 0. The molecule has 0 aliphatic heterocycles. The van der Waals surface area contributed by atoms with Crippen LogP contribution in [0.15, 0.2) is 30.2 Å². The van der Waals surface area contributed by atoms with Crippen LogP contribution in [0, 0.1) is 0 Å². The summed E-state index contributed by atoms with van der Waals surface area (Å²) in [6.07, 6.45) is -11.2. The second-order valence-corrected chi connectivity index (χ2v) is 1.66. The maximum atomic E-state index is 10.8. The van der Waals surface area contributed by atoms with E-state index in [0.29, 0.717) is 0 Å². The van der Waals surface area contributed by atoms with Gasteiger partial charge in [-0.25, -0.2) is 0 Å². The maximum Gasteiger partial charge on any atom is 1.00 e. The van der Waals surface area contributed by atoms with Crippen LogP contribution in [0.25, 0.3) is 0 Å². The van der Waals surface area contributed by atoms with Gasteiger partial charge in [-0.1, -0.05) is 30.2 Å². The average Bonchev–Trinajstić information content (AvgIpc) is 2.42. The minimum Gasteiger partial charge on any atom is -0.550 e. The van der Waals surface area contributed by atoms with Gasteiger partial charge in [0.25, 0.3) is 0 Å². The Labute approximate surface area is 116 Å². The predicted molar refractivity (Wildman–Crippen MR) is 44.4 cm³/mol. The topological polar surface area (TPSA) is 40.1 Å². The molecule has 0 amide bonds. The number of rotatable bonds is 4. The summed E-state index contributed by atoms with van der Waals surface area (Å²) in [6.45, 7) is 0. The van der Waals surface area contributed by atoms with Gasteiger partial charge in [-0.3, -0.25) is 0 Å². The van der Waals surface area contributed by atoms with Crippen LogP contribution >= 0.6 is 0 Å². The predicted octanol–water partition coefficient (Wildman–Crippen LogP) is -2.24. The molecule has 0 aromatic heterocycles. The number of carbonyl (C=O) groups is 1. The minimum atomic E-state index is -3.82. The third kappa shape index (κ3) is 5.86. The molecule has 0 saturated carbocycles. The van der Waals surface area contributed by atoms with Gasteiger partial charge in [0.1, 0.15) is 0 Å². The molecule has 0 unspecified atom stereocenters. The second-order valence-electron chi connectivity index (χ2n) is 1.66. The Morgan fingerprint density at radius 3 is 2.62 bits per heavy atom. The van der Waals surface area contributed by atoms with Gasteiger partial charge < -0.3 is 9.90 Å². The molecule has 0 fully saturated rings. The van der Waals surface area contributed by atoms with Crippen LogP contribution in [-0.2, 0) is 11.2 Å². The van der Waals surface area contributed by atoms with Gasteiger partial charge in [0, 0.05) is 14.2 Å². The van der Waals surface area contributed by atoms with Crippen molar-refractivity contribution in [2.75, 3.05) is 0 Å². The first-order valence-electron chi connectivity index (χ1n) is 8.41. The standard InChI is InChI=1S/C10H12O2.Na/c11-10(12)8-4-7-9-5-2-1-3-6-9;/h1-3,5-6H,4,7-8H2,(H,11,12);/q;+1/p-1/i1D,2D,3D,4D2,5D,6D,7D2,8D2;. The molecule has 2 nitrogen and oxygen atoms in total. The molecule has 0 heterocycles. The molecule has 0 radical (unpaired) electrons. The Kier molecular flexibility index (Phi) is 1.85. The Bertz CT molecular complexity index is 644. The first-order chi connectivity index (χ1) is 10.1. The number of benzene rings is 1. The molecule has 0 aliphatic rings. The van der Waals surface area contributed by atoms with E-state index in [0.717, 1.165) is 0 Å². The van der Waals surface area contributed by atoms with Crippen molar-refractivity contribution < 1.29 is 54.5 Å². The monoisotopic (exact) mass is 197 g/mol. The first-order valence-corrected chi connectivity index (χ1v) is 2.91. The Morgan fingerprint density at radius 2 is 2.08 bits per heavy atom. The molecule has 0 aliphatic carbocycles. The SMILES string of the molecule is [2H]c1c([2H])c([2H])c(C([2H])([2H])C([2H])([2H])C([2H])([2H])C(=O)[O-])c([2H])c1[2H].[Na+]. The van der Waals surface area contributed by atoms with Crippen molar-refractivity contribution in [3.63, 3.8) is 0 Å². The molecular formula is C10H11NaO2. The van der Waals surface area contributed by atoms with E-state index in [1.54, 1.807) is 0 Å². The molecule has 0 N–H and O–H groups in total. The normalized spacial score (nSPS) is 24.5. The minimum absolute atomic E-state index is 0. The smallest absolute Gasteiger partial charge is 0.550 e. The third-order valence-electron chi connectivity index (χ3n) is 0.852. The number of aliphatic carboxylic acids is 1. The average molecular weight is 197 g/mol. The van der Waals surface area contributed by atoms with Crippen molar-refractivity contribution in [1.82, 2.24) is 0 Å². The van der Waals surface area contributed by atoms with E-state index in [1.807, 2.05) is 0 Å². The third-order valence-corrected chi connectivity index (χ3v) is 0.852. The molecule has 13 heavy (non-hydrogen) atoms. The number of carboxylic acid groups (broad SMARTS) is 1. The zero-order valence-corrected chi connectivity index (χ0v) is 8.82. The fraction of sp³-hybridized carbons (Fsp3) is 0.300. The molecule has 1 aromatic rings. The van der Waals surface area contributed by atoms with Crippen molar-refractivity contribution in [1.29, 1.82) is 0 Å². The van der Waals surface area contributed by atoms with Crippen molar-refractivity contribution in [2.45, 2.75) is 19.1 Å². The number of hydrogen-bond donors (Lipinski definition) is 0. The van der Waals surface area contributed by atoms with E-state index in [-0.39, 0.29) is 29.6 Å². The van der Waals surface area contributed by atoms with E-state index in [2.05, 4.69) is 0 Å². The van der Waals surface area contributed by atoms with Crippen molar-refractivity contribution in [2.24, 2.45) is 0 Å². The van der Waals surface area contributed by atoms with Crippen molar-refractivity contribution in [3.05, 3.63) is 35.8 Å². The maximum absolute atomic E-state index is 10.8. The molecule has 0 spiro atoms. The van der Waals surface area contributed by atoms with Crippen LogP contribution in [0.4, 0.5) is 0 Å². The molecule has 3 heteroatoms. The largest absolute Gasteiger partial charge is 1.00 e. The van der Waals surface area contributed by atoms with Crippen LogP contribution in [0.2, 0.25) is 0 Å². The quantitative estimate of drug-likeness (QED) is 0.512. The van der Waals surface area contributed by atoms with Gasteiger partial charge in [0.2, 0.25) is 0 Å². The molecule has 1 aromatic carbocycles. The van der Waals surface area contributed by atoms with E-state index in [4.69, 9.17) is 15.1 Å².